The van der Waals surface area contributed by atoms with E-state index in [4.69, 9.17) is 21.1 Å². The number of carboxylic acid groups (broad SMARTS) is 1. The van der Waals surface area contributed by atoms with Gasteiger partial charge < -0.3 is 14.8 Å². The van der Waals surface area contributed by atoms with Gasteiger partial charge in [-0.25, -0.2) is 0 Å². The van der Waals surface area contributed by atoms with Crippen LogP contribution in [0, 0.1) is 5.92 Å². The van der Waals surface area contributed by atoms with Gasteiger partial charge in [0.2, 0.25) is 0 Å². The summed E-state index contributed by atoms with van der Waals surface area (Å²) >= 11 is 5.56. The zero-order valence-electron chi connectivity index (χ0n) is 8.98. The first kappa shape index (κ1) is 12.0. The summed E-state index contributed by atoms with van der Waals surface area (Å²) in [5.74, 6) is -1.70. The van der Waals surface area contributed by atoms with Crippen molar-refractivity contribution < 1.29 is 19.1 Å². The van der Waals surface area contributed by atoms with Crippen molar-refractivity contribution in [3.05, 3.63) is 23.1 Å². The van der Waals surface area contributed by atoms with E-state index in [2.05, 4.69) is 5.32 Å². The SMILES string of the molecule is O=C(N[C@@H]1CCC[C@@H]1C(=O)O)c1ccc(Cl)o1. The highest BCUT2D eigenvalue weighted by Crippen LogP contribution is 2.26. The fraction of sp³-hybridized carbons (Fsp3) is 0.455. The second-order valence-electron chi connectivity index (χ2n) is 4.06. The Bertz CT molecular complexity index is 442. The monoisotopic (exact) mass is 257 g/mol. The minimum Gasteiger partial charge on any atom is -0.481 e. The average molecular weight is 258 g/mol. The molecule has 0 radical (unpaired) electrons. The van der Waals surface area contributed by atoms with Gasteiger partial charge in [0.1, 0.15) is 0 Å². The smallest absolute Gasteiger partial charge is 0.308 e. The molecule has 2 rings (SSSR count). The summed E-state index contributed by atoms with van der Waals surface area (Å²) in [4.78, 5) is 22.7. The molecule has 0 saturated heterocycles. The standard InChI is InChI=1S/C11H12ClNO4/c12-9-5-4-8(17-9)10(14)13-7-3-1-2-6(7)11(15)16/h4-7H,1-3H2,(H,13,14)(H,15,16)/t6-,7+/m0/s1. The molecule has 2 N–H and O–H groups in total. The van der Waals surface area contributed by atoms with Gasteiger partial charge in [0.05, 0.1) is 5.92 Å². The van der Waals surface area contributed by atoms with Crippen molar-refractivity contribution in [3.8, 4) is 0 Å². The van der Waals surface area contributed by atoms with Crippen molar-refractivity contribution in [1.29, 1.82) is 0 Å². The lowest BCUT2D eigenvalue weighted by atomic mass is 10.0. The molecule has 1 aliphatic rings. The molecule has 17 heavy (non-hydrogen) atoms. The highest BCUT2D eigenvalue weighted by atomic mass is 35.5. The van der Waals surface area contributed by atoms with Crippen LogP contribution in [0.15, 0.2) is 16.5 Å². The predicted molar refractivity (Wildman–Crippen MR) is 59.9 cm³/mol. The highest BCUT2D eigenvalue weighted by molar-refractivity contribution is 6.29. The van der Waals surface area contributed by atoms with Crippen LogP contribution >= 0.6 is 11.6 Å². The molecule has 6 heteroatoms. The molecule has 1 aromatic rings. The maximum Gasteiger partial charge on any atom is 0.308 e. The van der Waals surface area contributed by atoms with E-state index in [1.807, 2.05) is 0 Å². The van der Waals surface area contributed by atoms with E-state index in [0.717, 1.165) is 6.42 Å². The molecule has 1 aliphatic carbocycles. The van der Waals surface area contributed by atoms with Crippen molar-refractivity contribution >= 4 is 23.5 Å². The fourth-order valence-corrected chi connectivity index (χ4v) is 2.25. The van der Waals surface area contributed by atoms with Gasteiger partial charge in [-0.15, -0.1) is 0 Å². The molecule has 0 bridgehead atoms. The number of halogens is 1. The molecule has 92 valence electrons. The van der Waals surface area contributed by atoms with E-state index in [1.165, 1.54) is 12.1 Å². The highest BCUT2D eigenvalue weighted by Gasteiger charge is 2.34. The number of hydrogen-bond acceptors (Lipinski definition) is 3. The first-order valence-corrected chi connectivity index (χ1v) is 5.74. The second kappa shape index (κ2) is 4.79. The topological polar surface area (TPSA) is 79.5 Å². The van der Waals surface area contributed by atoms with Crippen molar-refractivity contribution in [2.75, 3.05) is 0 Å². The Morgan fingerprint density at radius 3 is 2.76 bits per heavy atom. The molecule has 2 atom stereocenters. The average Bonchev–Trinajstić information content (AvgIpc) is 2.86. The largest absolute Gasteiger partial charge is 0.481 e. The molecule has 1 aromatic heterocycles. The molecule has 1 saturated carbocycles. The minimum absolute atomic E-state index is 0.103. The quantitative estimate of drug-likeness (QED) is 0.867. The number of rotatable bonds is 3. The van der Waals surface area contributed by atoms with Gasteiger partial charge in [-0.1, -0.05) is 6.42 Å². The third kappa shape index (κ3) is 2.61. The third-order valence-electron chi connectivity index (χ3n) is 2.95. The number of nitrogens with one attached hydrogen (secondary N) is 1. The molecule has 0 unspecified atom stereocenters. The summed E-state index contributed by atoms with van der Waals surface area (Å²) in [6.45, 7) is 0. The van der Waals surface area contributed by atoms with Crippen molar-refractivity contribution in [2.24, 2.45) is 5.92 Å². The van der Waals surface area contributed by atoms with Crippen LogP contribution in [0.1, 0.15) is 29.8 Å². The fourth-order valence-electron chi connectivity index (χ4n) is 2.10. The first-order valence-electron chi connectivity index (χ1n) is 5.37. The molecule has 1 amide bonds. The number of furan rings is 1. The molecule has 0 aromatic carbocycles. The summed E-state index contributed by atoms with van der Waals surface area (Å²) in [7, 11) is 0. The molecule has 1 fully saturated rings. The maximum atomic E-state index is 11.7. The van der Waals surface area contributed by atoms with Crippen LogP contribution in [0.3, 0.4) is 0 Å². The van der Waals surface area contributed by atoms with Gasteiger partial charge in [-0.3, -0.25) is 9.59 Å². The van der Waals surface area contributed by atoms with Crippen LogP contribution in [0.4, 0.5) is 0 Å². The summed E-state index contributed by atoms with van der Waals surface area (Å²) in [6.07, 6.45) is 2.08. The van der Waals surface area contributed by atoms with E-state index >= 15 is 0 Å². The van der Waals surface area contributed by atoms with Gasteiger partial charge in [0.25, 0.3) is 5.91 Å². The summed E-state index contributed by atoms with van der Waals surface area (Å²) in [5.41, 5.74) is 0. The number of aliphatic carboxylic acids is 1. The summed E-state index contributed by atoms with van der Waals surface area (Å²) < 4.78 is 4.96. The number of hydrogen-bond donors (Lipinski definition) is 2. The molecule has 0 aliphatic heterocycles. The van der Waals surface area contributed by atoms with Crippen LogP contribution in [0.5, 0.6) is 0 Å². The number of amides is 1. The normalized spacial score (nSPS) is 23.6. The Balaban J connectivity index is 2.01. The molecular formula is C11H12ClNO4. The Morgan fingerprint density at radius 1 is 1.41 bits per heavy atom. The van der Waals surface area contributed by atoms with Crippen LogP contribution < -0.4 is 5.32 Å². The van der Waals surface area contributed by atoms with Crippen molar-refractivity contribution in [3.63, 3.8) is 0 Å². The van der Waals surface area contributed by atoms with E-state index in [-0.39, 0.29) is 17.0 Å². The summed E-state index contributed by atoms with van der Waals surface area (Å²) in [5, 5.41) is 11.8. The van der Waals surface area contributed by atoms with Crippen LogP contribution in [-0.2, 0) is 4.79 Å². The third-order valence-corrected chi connectivity index (χ3v) is 3.15. The number of carbonyl (C=O) groups is 2. The van der Waals surface area contributed by atoms with Gasteiger partial charge in [0, 0.05) is 6.04 Å². The van der Waals surface area contributed by atoms with E-state index < -0.39 is 17.8 Å². The summed E-state index contributed by atoms with van der Waals surface area (Å²) in [6, 6.07) is 2.60. The van der Waals surface area contributed by atoms with Crippen LogP contribution in [-0.4, -0.2) is 23.0 Å². The second-order valence-corrected chi connectivity index (χ2v) is 4.43. The van der Waals surface area contributed by atoms with E-state index in [9.17, 15) is 9.59 Å². The Kier molecular flexibility index (Phi) is 3.38. The lowest BCUT2D eigenvalue weighted by molar-refractivity contribution is -0.142. The molecule has 1 heterocycles. The molecule has 5 nitrogen and oxygen atoms in total. The molecular weight excluding hydrogens is 246 g/mol. The zero-order valence-corrected chi connectivity index (χ0v) is 9.74. The van der Waals surface area contributed by atoms with Crippen LogP contribution in [0.2, 0.25) is 5.22 Å². The predicted octanol–water partition coefficient (Wildman–Crippen LogP) is 1.92. The van der Waals surface area contributed by atoms with E-state index in [0.29, 0.717) is 12.8 Å². The Morgan fingerprint density at radius 2 is 2.18 bits per heavy atom. The zero-order chi connectivity index (χ0) is 12.4. The van der Waals surface area contributed by atoms with Gasteiger partial charge in [-0.05, 0) is 36.6 Å². The number of carbonyl (C=O) groups excluding carboxylic acids is 1. The first-order chi connectivity index (χ1) is 8.08. The van der Waals surface area contributed by atoms with Crippen molar-refractivity contribution in [2.45, 2.75) is 25.3 Å². The van der Waals surface area contributed by atoms with Crippen LogP contribution in [0.25, 0.3) is 0 Å². The van der Waals surface area contributed by atoms with Gasteiger partial charge >= 0.3 is 5.97 Å². The lowest BCUT2D eigenvalue weighted by Crippen LogP contribution is -2.40. The molecule has 0 spiro atoms. The number of carboxylic acids is 1. The van der Waals surface area contributed by atoms with Gasteiger partial charge in [0.15, 0.2) is 11.0 Å². The maximum absolute atomic E-state index is 11.7. The van der Waals surface area contributed by atoms with Crippen molar-refractivity contribution in [1.82, 2.24) is 5.32 Å². The minimum atomic E-state index is -0.870. The Labute approximate surface area is 103 Å². The van der Waals surface area contributed by atoms with Gasteiger partial charge in [-0.2, -0.15) is 0 Å². The van der Waals surface area contributed by atoms with E-state index in [1.54, 1.807) is 0 Å². The lowest BCUT2D eigenvalue weighted by Gasteiger charge is -2.16. The Hall–Kier alpha value is -1.49.